The van der Waals surface area contributed by atoms with Crippen LogP contribution in [0, 0.1) is 0 Å². The predicted octanol–water partition coefficient (Wildman–Crippen LogP) is 1.70. The first-order valence-electron chi connectivity index (χ1n) is 5.53. The molecule has 1 rings (SSSR count). The van der Waals surface area contributed by atoms with Gasteiger partial charge in [-0.1, -0.05) is 22.0 Å². The minimum absolute atomic E-state index is 0.153. The van der Waals surface area contributed by atoms with Crippen LogP contribution in [-0.2, 0) is 14.3 Å². The first-order chi connectivity index (χ1) is 8.92. The molecule has 1 N–H and O–H groups in total. The number of hydrogen-bond donors (Lipinski definition) is 1. The lowest BCUT2D eigenvalue weighted by Gasteiger charge is -2.25. The number of ether oxygens (including phenoxy) is 1. The van der Waals surface area contributed by atoms with E-state index in [-0.39, 0.29) is 6.42 Å². The number of carbonyl (C=O) groups is 3. The minimum Gasteiger partial charge on any atom is -0.467 e. The second-order valence-corrected chi connectivity index (χ2v) is 5.07. The molecule has 1 aromatic carbocycles. The highest BCUT2D eigenvalue weighted by Crippen LogP contribution is 2.15. The maximum atomic E-state index is 12.1. The fourth-order valence-electron chi connectivity index (χ4n) is 1.53. The third kappa shape index (κ3) is 3.89. The molecule has 0 aliphatic carbocycles. The van der Waals surface area contributed by atoms with Crippen LogP contribution < -0.4 is 5.32 Å². The molecule has 1 atom stereocenters. The lowest BCUT2D eigenvalue weighted by atomic mass is 9.98. The van der Waals surface area contributed by atoms with Crippen molar-refractivity contribution in [2.75, 3.05) is 7.11 Å². The number of amides is 1. The number of halogens is 1. The van der Waals surface area contributed by atoms with E-state index >= 15 is 0 Å². The summed E-state index contributed by atoms with van der Waals surface area (Å²) in [7, 11) is 1.21. The highest BCUT2D eigenvalue weighted by atomic mass is 79.9. The average Bonchev–Trinajstić information content (AvgIpc) is 2.37. The zero-order valence-electron chi connectivity index (χ0n) is 10.6. The molecule has 0 aliphatic rings. The number of methoxy groups -OCH3 is 1. The van der Waals surface area contributed by atoms with Gasteiger partial charge in [0.25, 0.3) is 5.91 Å². The Balaban J connectivity index is 2.94. The van der Waals surface area contributed by atoms with Gasteiger partial charge in [0, 0.05) is 16.5 Å². The van der Waals surface area contributed by atoms with Crippen molar-refractivity contribution in [3.8, 4) is 0 Å². The highest BCUT2D eigenvalue weighted by molar-refractivity contribution is 9.10. The second-order valence-electron chi connectivity index (χ2n) is 4.16. The van der Waals surface area contributed by atoms with E-state index in [1.807, 2.05) is 0 Å². The number of aldehydes is 1. The number of hydrogen-bond acceptors (Lipinski definition) is 4. The quantitative estimate of drug-likeness (QED) is 0.660. The SMILES string of the molecule is COC(=O)[C@@](C)(CC=O)NC(=O)c1cccc(Br)c1. The van der Waals surface area contributed by atoms with Crippen LogP contribution in [0.3, 0.4) is 0 Å². The van der Waals surface area contributed by atoms with Crippen molar-refractivity contribution in [3.63, 3.8) is 0 Å². The Hall–Kier alpha value is -1.69. The summed E-state index contributed by atoms with van der Waals surface area (Å²) in [6.07, 6.45) is 0.414. The summed E-state index contributed by atoms with van der Waals surface area (Å²) in [6.45, 7) is 1.45. The Morgan fingerprint density at radius 1 is 1.47 bits per heavy atom. The standard InChI is InChI=1S/C13H14BrNO4/c1-13(6-7-16,12(18)19-2)15-11(17)9-4-3-5-10(14)8-9/h3-5,7-8H,6H2,1-2H3,(H,15,17)/t13-/m1/s1. The third-order valence-electron chi connectivity index (χ3n) is 2.60. The summed E-state index contributed by atoms with van der Waals surface area (Å²) in [5.41, 5.74) is -0.981. The molecule has 0 fully saturated rings. The molecule has 1 aromatic rings. The molecule has 102 valence electrons. The van der Waals surface area contributed by atoms with E-state index in [0.717, 1.165) is 4.47 Å². The molecular weight excluding hydrogens is 314 g/mol. The molecule has 19 heavy (non-hydrogen) atoms. The third-order valence-corrected chi connectivity index (χ3v) is 3.10. The van der Waals surface area contributed by atoms with E-state index in [1.165, 1.54) is 14.0 Å². The smallest absolute Gasteiger partial charge is 0.331 e. The van der Waals surface area contributed by atoms with Crippen molar-refractivity contribution in [2.24, 2.45) is 0 Å². The van der Waals surface area contributed by atoms with Gasteiger partial charge in [-0.2, -0.15) is 0 Å². The normalized spacial score (nSPS) is 13.2. The van der Waals surface area contributed by atoms with Gasteiger partial charge in [0.1, 0.15) is 11.8 Å². The van der Waals surface area contributed by atoms with Crippen LogP contribution in [0.2, 0.25) is 0 Å². The molecule has 0 unspecified atom stereocenters. The van der Waals surface area contributed by atoms with Crippen LogP contribution in [0.4, 0.5) is 0 Å². The lowest BCUT2D eigenvalue weighted by Crippen LogP contribution is -2.53. The first-order valence-corrected chi connectivity index (χ1v) is 6.32. The Labute approximate surface area is 119 Å². The first kappa shape index (κ1) is 15.4. The highest BCUT2D eigenvalue weighted by Gasteiger charge is 2.36. The van der Waals surface area contributed by atoms with Crippen LogP contribution in [0.25, 0.3) is 0 Å². The van der Waals surface area contributed by atoms with Gasteiger partial charge in [-0.15, -0.1) is 0 Å². The lowest BCUT2D eigenvalue weighted by molar-refractivity contribution is -0.148. The number of rotatable bonds is 5. The summed E-state index contributed by atoms with van der Waals surface area (Å²) < 4.78 is 5.35. The van der Waals surface area contributed by atoms with Crippen molar-refractivity contribution < 1.29 is 19.1 Å². The molecule has 0 spiro atoms. The fraction of sp³-hybridized carbons (Fsp3) is 0.308. The molecule has 0 aliphatic heterocycles. The van der Waals surface area contributed by atoms with E-state index in [0.29, 0.717) is 11.8 Å². The maximum Gasteiger partial charge on any atom is 0.331 e. The van der Waals surface area contributed by atoms with Crippen molar-refractivity contribution in [1.82, 2.24) is 5.32 Å². The average molecular weight is 328 g/mol. The molecule has 1 amide bonds. The molecule has 6 heteroatoms. The van der Waals surface area contributed by atoms with Crippen LogP contribution in [0.1, 0.15) is 23.7 Å². The van der Waals surface area contributed by atoms with Gasteiger partial charge in [-0.05, 0) is 25.1 Å². The molecule has 0 radical (unpaired) electrons. The van der Waals surface area contributed by atoms with Gasteiger partial charge < -0.3 is 14.8 Å². The number of carbonyl (C=O) groups excluding carboxylic acids is 3. The number of benzene rings is 1. The molecular formula is C13H14BrNO4. The Kier molecular flexibility index (Phi) is 5.23. The summed E-state index contributed by atoms with van der Waals surface area (Å²) in [6, 6.07) is 6.71. The topological polar surface area (TPSA) is 72.5 Å². The van der Waals surface area contributed by atoms with Gasteiger partial charge in [-0.3, -0.25) is 4.79 Å². The summed E-state index contributed by atoms with van der Waals surface area (Å²) >= 11 is 3.26. The monoisotopic (exact) mass is 327 g/mol. The summed E-state index contributed by atoms with van der Waals surface area (Å²) in [4.78, 5) is 34.4. The molecule has 0 bridgehead atoms. The number of nitrogens with one attached hydrogen (secondary N) is 1. The van der Waals surface area contributed by atoms with E-state index in [9.17, 15) is 14.4 Å². The van der Waals surface area contributed by atoms with Crippen molar-refractivity contribution in [3.05, 3.63) is 34.3 Å². The van der Waals surface area contributed by atoms with E-state index in [2.05, 4.69) is 26.0 Å². The van der Waals surface area contributed by atoms with Crippen molar-refractivity contribution in [2.45, 2.75) is 18.9 Å². The largest absolute Gasteiger partial charge is 0.467 e. The van der Waals surface area contributed by atoms with E-state index in [1.54, 1.807) is 24.3 Å². The van der Waals surface area contributed by atoms with Crippen LogP contribution in [0.15, 0.2) is 28.7 Å². The molecule has 5 nitrogen and oxygen atoms in total. The Bertz CT molecular complexity index is 503. The second kappa shape index (κ2) is 6.47. The summed E-state index contributed by atoms with van der Waals surface area (Å²) in [5, 5.41) is 2.52. The molecule has 0 aromatic heterocycles. The van der Waals surface area contributed by atoms with Crippen LogP contribution in [0.5, 0.6) is 0 Å². The molecule has 0 saturated carbocycles. The minimum atomic E-state index is -1.37. The van der Waals surface area contributed by atoms with Crippen molar-refractivity contribution >= 4 is 34.1 Å². The van der Waals surface area contributed by atoms with Gasteiger partial charge >= 0.3 is 5.97 Å². The van der Waals surface area contributed by atoms with Gasteiger partial charge in [-0.25, -0.2) is 4.79 Å². The maximum absolute atomic E-state index is 12.1. The van der Waals surface area contributed by atoms with Crippen molar-refractivity contribution in [1.29, 1.82) is 0 Å². The Morgan fingerprint density at radius 2 is 2.16 bits per heavy atom. The fourth-order valence-corrected chi connectivity index (χ4v) is 1.93. The number of esters is 1. The molecule has 0 saturated heterocycles. The van der Waals surface area contributed by atoms with Gasteiger partial charge in [0.05, 0.1) is 7.11 Å². The van der Waals surface area contributed by atoms with E-state index < -0.39 is 17.4 Å². The van der Waals surface area contributed by atoms with Gasteiger partial charge in [0.15, 0.2) is 0 Å². The summed E-state index contributed by atoms with van der Waals surface area (Å²) in [5.74, 6) is -1.11. The Morgan fingerprint density at radius 3 is 2.68 bits per heavy atom. The predicted molar refractivity (Wildman–Crippen MR) is 72.7 cm³/mol. The van der Waals surface area contributed by atoms with E-state index in [4.69, 9.17) is 0 Å². The zero-order chi connectivity index (χ0) is 14.5. The van der Waals surface area contributed by atoms with Gasteiger partial charge in [0.2, 0.25) is 0 Å². The van der Waals surface area contributed by atoms with Crippen LogP contribution in [-0.4, -0.2) is 30.8 Å². The molecule has 0 heterocycles. The van der Waals surface area contributed by atoms with Crippen LogP contribution >= 0.6 is 15.9 Å². The zero-order valence-corrected chi connectivity index (χ0v) is 12.2.